The summed E-state index contributed by atoms with van der Waals surface area (Å²) in [7, 11) is 1.63. The van der Waals surface area contributed by atoms with Crippen LogP contribution in [0.5, 0.6) is 0 Å². The number of carbonyl (C=O) groups excluding carboxylic acids is 2. The molecule has 0 saturated heterocycles. The number of aryl methyl sites for hydroxylation is 1. The van der Waals surface area contributed by atoms with Gasteiger partial charge in [-0.15, -0.1) is 0 Å². The first-order chi connectivity index (χ1) is 12.4. The SMILES string of the molecule is CCOC(=O)N(C)c1ccc(NC(=O)/C=C/c2ccc(C)c(Cl)c2)cc1. The fourth-order valence-corrected chi connectivity index (χ4v) is 2.35. The summed E-state index contributed by atoms with van der Waals surface area (Å²) in [5, 5.41) is 3.43. The average molecular weight is 373 g/mol. The van der Waals surface area contributed by atoms with Crippen LogP contribution in [0.2, 0.25) is 5.02 Å². The van der Waals surface area contributed by atoms with E-state index < -0.39 is 6.09 Å². The van der Waals surface area contributed by atoms with Crippen LogP contribution in [-0.4, -0.2) is 25.7 Å². The van der Waals surface area contributed by atoms with Gasteiger partial charge in [-0.3, -0.25) is 9.69 Å². The van der Waals surface area contributed by atoms with Crippen molar-refractivity contribution in [3.8, 4) is 0 Å². The maximum atomic E-state index is 12.0. The molecular weight excluding hydrogens is 352 g/mol. The zero-order valence-corrected chi connectivity index (χ0v) is 15.7. The first-order valence-corrected chi connectivity index (χ1v) is 8.54. The largest absolute Gasteiger partial charge is 0.449 e. The standard InChI is InChI=1S/C20H21ClN2O3/c1-4-26-20(25)23(3)17-10-8-16(9-11-17)22-19(24)12-7-15-6-5-14(2)18(21)13-15/h5-13H,4H2,1-3H3,(H,22,24)/b12-7+. The Kier molecular flexibility index (Phi) is 6.81. The van der Waals surface area contributed by atoms with Gasteiger partial charge in [-0.25, -0.2) is 4.79 Å². The molecule has 0 bridgehead atoms. The van der Waals surface area contributed by atoms with Crippen LogP contribution in [0.3, 0.4) is 0 Å². The molecule has 5 nitrogen and oxygen atoms in total. The van der Waals surface area contributed by atoms with Crippen molar-refractivity contribution >= 4 is 41.1 Å². The number of halogens is 1. The molecule has 0 radical (unpaired) electrons. The Labute approximate surface area is 158 Å². The minimum atomic E-state index is -0.427. The fourth-order valence-electron chi connectivity index (χ4n) is 2.16. The number of anilines is 2. The highest BCUT2D eigenvalue weighted by Crippen LogP contribution is 2.19. The number of carbonyl (C=O) groups is 2. The lowest BCUT2D eigenvalue weighted by Gasteiger charge is -2.16. The van der Waals surface area contributed by atoms with Crippen LogP contribution in [0.4, 0.5) is 16.2 Å². The summed E-state index contributed by atoms with van der Waals surface area (Å²) >= 11 is 6.07. The monoisotopic (exact) mass is 372 g/mol. The van der Waals surface area contributed by atoms with E-state index >= 15 is 0 Å². The Morgan fingerprint density at radius 1 is 1.19 bits per heavy atom. The van der Waals surface area contributed by atoms with Gasteiger partial charge in [0.05, 0.1) is 6.61 Å². The minimum absolute atomic E-state index is 0.256. The highest BCUT2D eigenvalue weighted by atomic mass is 35.5. The van der Waals surface area contributed by atoms with E-state index in [1.807, 2.05) is 19.1 Å². The van der Waals surface area contributed by atoms with E-state index in [2.05, 4.69) is 5.32 Å². The summed E-state index contributed by atoms with van der Waals surface area (Å²) in [6.45, 7) is 3.99. The number of hydrogen-bond acceptors (Lipinski definition) is 3. The van der Waals surface area contributed by atoms with Gasteiger partial charge in [-0.2, -0.15) is 0 Å². The molecule has 0 atom stereocenters. The van der Waals surface area contributed by atoms with Crippen LogP contribution in [0.1, 0.15) is 18.1 Å². The Balaban J connectivity index is 1.97. The maximum Gasteiger partial charge on any atom is 0.413 e. The van der Waals surface area contributed by atoms with Crippen LogP contribution in [-0.2, 0) is 9.53 Å². The quantitative estimate of drug-likeness (QED) is 0.760. The third-order valence-corrected chi connectivity index (χ3v) is 4.09. The Hall–Kier alpha value is -2.79. The molecule has 2 rings (SSSR count). The van der Waals surface area contributed by atoms with Crippen molar-refractivity contribution in [1.29, 1.82) is 0 Å². The van der Waals surface area contributed by atoms with Crippen LogP contribution in [0, 0.1) is 6.92 Å². The van der Waals surface area contributed by atoms with Gasteiger partial charge in [0.1, 0.15) is 0 Å². The first-order valence-electron chi connectivity index (χ1n) is 8.16. The highest BCUT2D eigenvalue weighted by molar-refractivity contribution is 6.31. The lowest BCUT2D eigenvalue weighted by atomic mass is 10.1. The molecule has 0 spiro atoms. The predicted octanol–water partition coefficient (Wildman–Crippen LogP) is 4.89. The Bertz CT molecular complexity index is 816. The molecule has 0 aromatic heterocycles. The summed E-state index contributed by atoms with van der Waals surface area (Å²) in [5.41, 5.74) is 3.14. The van der Waals surface area contributed by atoms with Gasteiger partial charge in [0, 0.05) is 29.5 Å². The molecule has 0 fully saturated rings. The molecule has 2 amide bonds. The number of nitrogens with one attached hydrogen (secondary N) is 1. The molecular formula is C20H21ClN2O3. The van der Waals surface area contributed by atoms with Gasteiger partial charge < -0.3 is 10.1 Å². The predicted molar refractivity (Wildman–Crippen MR) is 106 cm³/mol. The molecule has 2 aromatic carbocycles. The van der Waals surface area contributed by atoms with Crippen molar-refractivity contribution in [3.05, 3.63) is 64.7 Å². The molecule has 0 saturated carbocycles. The van der Waals surface area contributed by atoms with E-state index in [4.69, 9.17) is 16.3 Å². The lowest BCUT2D eigenvalue weighted by molar-refractivity contribution is -0.111. The van der Waals surface area contributed by atoms with Crippen LogP contribution < -0.4 is 10.2 Å². The fraction of sp³-hybridized carbons (Fsp3) is 0.200. The second-order valence-electron chi connectivity index (χ2n) is 5.64. The molecule has 0 aliphatic rings. The van der Waals surface area contributed by atoms with Crippen molar-refractivity contribution in [1.82, 2.24) is 0 Å². The van der Waals surface area contributed by atoms with Crippen LogP contribution in [0.25, 0.3) is 6.08 Å². The lowest BCUT2D eigenvalue weighted by Crippen LogP contribution is -2.26. The number of benzene rings is 2. The molecule has 0 aliphatic carbocycles. The third-order valence-electron chi connectivity index (χ3n) is 3.69. The topological polar surface area (TPSA) is 58.6 Å². The molecule has 0 aliphatic heterocycles. The van der Waals surface area contributed by atoms with Gasteiger partial charge in [0.25, 0.3) is 0 Å². The number of nitrogens with zero attached hydrogens (tertiary/aromatic N) is 1. The molecule has 0 heterocycles. The summed E-state index contributed by atoms with van der Waals surface area (Å²) in [5.74, 6) is -0.256. The maximum absolute atomic E-state index is 12.0. The highest BCUT2D eigenvalue weighted by Gasteiger charge is 2.11. The zero-order valence-electron chi connectivity index (χ0n) is 15.0. The number of amides is 2. The summed E-state index contributed by atoms with van der Waals surface area (Å²) < 4.78 is 4.94. The molecule has 2 aromatic rings. The van der Waals surface area contributed by atoms with Crippen molar-refractivity contribution in [2.75, 3.05) is 23.9 Å². The second kappa shape index (κ2) is 9.06. The summed E-state index contributed by atoms with van der Waals surface area (Å²) in [6.07, 6.45) is 2.72. The molecule has 0 unspecified atom stereocenters. The number of ether oxygens (including phenoxy) is 1. The summed E-state index contributed by atoms with van der Waals surface area (Å²) in [6, 6.07) is 12.5. The van der Waals surface area contributed by atoms with E-state index in [9.17, 15) is 9.59 Å². The van der Waals surface area contributed by atoms with Gasteiger partial charge in [0.2, 0.25) is 5.91 Å². The number of hydrogen-bond donors (Lipinski definition) is 1. The van der Waals surface area contributed by atoms with Crippen LogP contribution >= 0.6 is 11.6 Å². The first kappa shape index (κ1) is 19.5. The minimum Gasteiger partial charge on any atom is -0.449 e. The van der Waals surface area contributed by atoms with Crippen molar-refractivity contribution in [2.45, 2.75) is 13.8 Å². The van der Waals surface area contributed by atoms with Crippen molar-refractivity contribution in [3.63, 3.8) is 0 Å². The second-order valence-corrected chi connectivity index (χ2v) is 6.04. The van der Waals surface area contributed by atoms with Crippen LogP contribution in [0.15, 0.2) is 48.5 Å². The van der Waals surface area contributed by atoms with Gasteiger partial charge in [-0.05, 0) is 61.4 Å². The zero-order chi connectivity index (χ0) is 19.1. The van der Waals surface area contributed by atoms with E-state index in [-0.39, 0.29) is 5.91 Å². The van der Waals surface area contributed by atoms with E-state index in [1.54, 1.807) is 50.4 Å². The Morgan fingerprint density at radius 2 is 1.88 bits per heavy atom. The van der Waals surface area contributed by atoms with Gasteiger partial charge in [-0.1, -0.05) is 23.7 Å². The average Bonchev–Trinajstić information content (AvgIpc) is 2.63. The van der Waals surface area contributed by atoms with E-state index in [0.29, 0.717) is 23.0 Å². The van der Waals surface area contributed by atoms with Gasteiger partial charge >= 0.3 is 6.09 Å². The summed E-state index contributed by atoms with van der Waals surface area (Å²) in [4.78, 5) is 25.1. The smallest absolute Gasteiger partial charge is 0.413 e. The van der Waals surface area contributed by atoms with Gasteiger partial charge in [0.15, 0.2) is 0 Å². The molecule has 1 N–H and O–H groups in total. The normalized spacial score (nSPS) is 10.6. The van der Waals surface area contributed by atoms with Crippen molar-refractivity contribution in [2.24, 2.45) is 0 Å². The Morgan fingerprint density at radius 3 is 2.50 bits per heavy atom. The number of rotatable bonds is 5. The molecule has 6 heteroatoms. The van der Waals surface area contributed by atoms with Crippen molar-refractivity contribution < 1.29 is 14.3 Å². The molecule has 136 valence electrons. The third kappa shape index (κ3) is 5.36. The van der Waals surface area contributed by atoms with E-state index in [0.717, 1.165) is 11.1 Å². The van der Waals surface area contributed by atoms with E-state index in [1.165, 1.54) is 11.0 Å². The molecule has 26 heavy (non-hydrogen) atoms.